The molecular weight excluding hydrogens is 426 g/mol. The number of urea groups is 1. The second-order valence-electron chi connectivity index (χ2n) is 10.6. The number of carbonyl (C=O) groups excluding carboxylic acids is 4. The highest BCUT2D eigenvalue weighted by Crippen LogP contribution is 2.40. The first kappa shape index (κ1) is 24.5. The predicted octanol–water partition coefficient (Wildman–Crippen LogP) is 4.47. The Morgan fingerprint density at radius 3 is 1.97 bits per heavy atom. The quantitative estimate of drug-likeness (QED) is 0.572. The molecule has 1 aromatic carbocycles. The van der Waals surface area contributed by atoms with Crippen molar-refractivity contribution in [1.82, 2.24) is 9.80 Å². The Labute approximate surface area is 194 Å². The van der Waals surface area contributed by atoms with Crippen LogP contribution in [0.5, 0.6) is 0 Å². The van der Waals surface area contributed by atoms with Gasteiger partial charge in [0.1, 0.15) is 16.7 Å². The van der Waals surface area contributed by atoms with E-state index >= 15 is 0 Å². The van der Waals surface area contributed by atoms with E-state index in [1.807, 2.05) is 31.2 Å². The molecule has 2 aliphatic heterocycles. The Kier molecular flexibility index (Phi) is 6.21. The molecule has 1 spiro atoms. The van der Waals surface area contributed by atoms with Gasteiger partial charge in [-0.2, -0.15) is 4.90 Å². The maximum Gasteiger partial charge on any atom is 0.425 e. The fraction of sp³-hybridized carbons (Fsp3) is 0.583. The molecule has 9 heteroatoms. The van der Waals surface area contributed by atoms with Gasteiger partial charge in [0, 0.05) is 18.8 Å². The molecule has 0 aromatic heterocycles. The van der Waals surface area contributed by atoms with Crippen LogP contribution >= 0.6 is 0 Å². The first-order valence-corrected chi connectivity index (χ1v) is 11.1. The van der Waals surface area contributed by atoms with E-state index in [0.717, 1.165) is 16.2 Å². The smallest absolute Gasteiger partial charge is 0.425 e. The normalized spacial score (nSPS) is 18.7. The molecule has 5 amide bonds. The maximum atomic E-state index is 13.5. The van der Waals surface area contributed by atoms with Crippen molar-refractivity contribution in [3.05, 3.63) is 29.8 Å². The number of ether oxygens (including phenoxy) is 2. The van der Waals surface area contributed by atoms with Crippen molar-refractivity contribution >= 4 is 29.8 Å². The molecule has 33 heavy (non-hydrogen) atoms. The lowest BCUT2D eigenvalue weighted by molar-refractivity contribution is -0.133. The van der Waals surface area contributed by atoms with E-state index in [2.05, 4.69) is 4.90 Å². The number of hydrogen-bond donors (Lipinski definition) is 0. The largest absolute Gasteiger partial charge is 0.443 e. The van der Waals surface area contributed by atoms with Crippen molar-refractivity contribution in [3.8, 4) is 0 Å². The summed E-state index contributed by atoms with van der Waals surface area (Å²) in [4.78, 5) is 56.0. The average Bonchev–Trinajstić information content (AvgIpc) is 2.86. The van der Waals surface area contributed by atoms with E-state index in [9.17, 15) is 19.2 Å². The van der Waals surface area contributed by atoms with Crippen molar-refractivity contribution < 1.29 is 28.7 Å². The SMILES string of the molecule is Cc1cccc(N2CCC3(CC2)C(=O)N(C(=O)OC(C)(C)C)C(=O)N3C(=O)OC(C)(C)C)c1. The summed E-state index contributed by atoms with van der Waals surface area (Å²) in [5, 5.41) is 0. The number of imide groups is 4. The lowest BCUT2D eigenvalue weighted by Crippen LogP contribution is -2.59. The summed E-state index contributed by atoms with van der Waals surface area (Å²) in [6, 6.07) is 6.93. The summed E-state index contributed by atoms with van der Waals surface area (Å²) in [5.41, 5.74) is -1.21. The second-order valence-corrected chi connectivity index (χ2v) is 10.6. The third-order valence-electron chi connectivity index (χ3n) is 5.52. The van der Waals surface area contributed by atoms with Crippen molar-refractivity contribution in [2.24, 2.45) is 0 Å². The number of piperidine rings is 1. The fourth-order valence-corrected chi connectivity index (χ4v) is 4.10. The number of rotatable bonds is 1. The maximum absolute atomic E-state index is 13.5. The summed E-state index contributed by atoms with van der Waals surface area (Å²) in [6.45, 7) is 12.8. The molecule has 0 N–H and O–H groups in total. The van der Waals surface area contributed by atoms with Crippen LogP contribution in [-0.4, -0.2) is 63.8 Å². The summed E-state index contributed by atoms with van der Waals surface area (Å²) in [6.07, 6.45) is -1.70. The number of benzene rings is 1. The van der Waals surface area contributed by atoms with Gasteiger partial charge in [0.25, 0.3) is 5.91 Å². The summed E-state index contributed by atoms with van der Waals surface area (Å²) in [7, 11) is 0. The van der Waals surface area contributed by atoms with Crippen LogP contribution in [0.15, 0.2) is 24.3 Å². The van der Waals surface area contributed by atoms with Crippen molar-refractivity contribution in [2.75, 3.05) is 18.0 Å². The van der Waals surface area contributed by atoms with Crippen molar-refractivity contribution in [1.29, 1.82) is 0 Å². The summed E-state index contributed by atoms with van der Waals surface area (Å²) >= 11 is 0. The van der Waals surface area contributed by atoms with Gasteiger partial charge in [-0.15, -0.1) is 0 Å². The van der Waals surface area contributed by atoms with Gasteiger partial charge in [-0.1, -0.05) is 12.1 Å². The van der Waals surface area contributed by atoms with E-state index in [1.54, 1.807) is 41.5 Å². The number of nitrogens with zero attached hydrogens (tertiary/aromatic N) is 3. The molecule has 3 rings (SSSR count). The highest BCUT2D eigenvalue weighted by Gasteiger charge is 2.64. The molecule has 0 saturated carbocycles. The standard InChI is InChI=1S/C24H33N3O6/c1-16-9-8-10-17(15-16)25-13-11-24(12-14-25)18(28)26(20(30)32-22(2,3)4)19(29)27(24)21(31)33-23(5,6)7/h8-10,15H,11-14H2,1-7H3. The molecule has 2 fully saturated rings. The minimum atomic E-state index is -1.50. The number of aryl methyl sites for hydroxylation is 1. The fourth-order valence-electron chi connectivity index (χ4n) is 4.10. The average molecular weight is 460 g/mol. The Balaban J connectivity index is 1.94. The van der Waals surface area contributed by atoms with Gasteiger partial charge in [-0.25, -0.2) is 19.3 Å². The van der Waals surface area contributed by atoms with Gasteiger partial charge in [0.05, 0.1) is 0 Å². The van der Waals surface area contributed by atoms with Crippen LogP contribution in [0.25, 0.3) is 0 Å². The van der Waals surface area contributed by atoms with Gasteiger partial charge in [0.2, 0.25) is 0 Å². The Morgan fingerprint density at radius 2 is 1.45 bits per heavy atom. The van der Waals surface area contributed by atoms with Gasteiger partial charge >= 0.3 is 18.2 Å². The molecule has 1 aromatic rings. The number of carbonyl (C=O) groups is 4. The molecule has 0 unspecified atom stereocenters. The van der Waals surface area contributed by atoms with Crippen LogP contribution in [0.3, 0.4) is 0 Å². The van der Waals surface area contributed by atoms with Gasteiger partial charge in [-0.3, -0.25) is 4.79 Å². The Hall–Kier alpha value is -3.10. The van der Waals surface area contributed by atoms with Crippen molar-refractivity contribution in [2.45, 2.75) is 78.0 Å². The molecule has 180 valence electrons. The van der Waals surface area contributed by atoms with Crippen LogP contribution in [0.2, 0.25) is 0 Å². The van der Waals surface area contributed by atoms with Crippen LogP contribution < -0.4 is 4.90 Å². The second kappa shape index (κ2) is 8.35. The lowest BCUT2D eigenvalue weighted by Gasteiger charge is -2.42. The molecule has 0 aliphatic carbocycles. The zero-order chi connectivity index (χ0) is 24.8. The summed E-state index contributed by atoms with van der Waals surface area (Å²) < 4.78 is 10.7. The van der Waals surface area contributed by atoms with E-state index in [0.29, 0.717) is 18.0 Å². The van der Waals surface area contributed by atoms with E-state index < -0.39 is 40.9 Å². The number of amides is 5. The van der Waals surface area contributed by atoms with E-state index in [4.69, 9.17) is 9.47 Å². The zero-order valence-electron chi connectivity index (χ0n) is 20.4. The van der Waals surface area contributed by atoms with Crippen LogP contribution in [-0.2, 0) is 14.3 Å². The lowest BCUT2D eigenvalue weighted by atomic mass is 9.85. The molecule has 0 atom stereocenters. The van der Waals surface area contributed by atoms with E-state index in [1.165, 1.54) is 0 Å². The minimum absolute atomic E-state index is 0.171. The minimum Gasteiger partial charge on any atom is -0.443 e. The monoisotopic (exact) mass is 459 g/mol. The van der Waals surface area contributed by atoms with Crippen molar-refractivity contribution in [3.63, 3.8) is 0 Å². The van der Waals surface area contributed by atoms with Gasteiger partial charge in [0.15, 0.2) is 0 Å². The summed E-state index contributed by atoms with van der Waals surface area (Å²) in [5.74, 6) is -0.753. The topological polar surface area (TPSA) is 96.5 Å². The highest BCUT2D eigenvalue weighted by molar-refractivity contribution is 6.20. The van der Waals surface area contributed by atoms with E-state index in [-0.39, 0.29) is 12.8 Å². The molecule has 0 radical (unpaired) electrons. The van der Waals surface area contributed by atoms with Crippen LogP contribution in [0.4, 0.5) is 20.1 Å². The first-order chi connectivity index (χ1) is 15.1. The predicted molar refractivity (Wildman–Crippen MR) is 122 cm³/mol. The molecule has 2 saturated heterocycles. The zero-order valence-corrected chi connectivity index (χ0v) is 20.4. The Morgan fingerprint density at radius 1 is 0.909 bits per heavy atom. The third kappa shape index (κ3) is 4.96. The molecule has 2 heterocycles. The van der Waals surface area contributed by atoms with Gasteiger partial charge < -0.3 is 14.4 Å². The molecule has 2 aliphatic rings. The Bertz CT molecular complexity index is 967. The highest BCUT2D eigenvalue weighted by atomic mass is 16.6. The number of hydrogen-bond acceptors (Lipinski definition) is 7. The van der Waals surface area contributed by atoms with Crippen LogP contribution in [0, 0.1) is 6.92 Å². The molecule has 9 nitrogen and oxygen atoms in total. The third-order valence-corrected chi connectivity index (χ3v) is 5.52. The van der Waals surface area contributed by atoms with Gasteiger partial charge in [-0.05, 0) is 79.0 Å². The number of anilines is 1. The molecular formula is C24H33N3O6. The molecule has 0 bridgehead atoms. The van der Waals surface area contributed by atoms with Crippen LogP contribution in [0.1, 0.15) is 59.9 Å². The first-order valence-electron chi connectivity index (χ1n) is 11.1.